The second-order valence-electron chi connectivity index (χ2n) is 26.3. The van der Waals surface area contributed by atoms with E-state index in [1.165, 1.54) is 334 Å². The van der Waals surface area contributed by atoms with Crippen molar-refractivity contribution in [3.63, 3.8) is 0 Å². The van der Waals surface area contributed by atoms with Crippen LogP contribution in [0.5, 0.6) is 0 Å². The molecule has 0 saturated carbocycles. The van der Waals surface area contributed by atoms with Crippen LogP contribution in [0.4, 0.5) is 0 Å². The van der Waals surface area contributed by atoms with Crippen molar-refractivity contribution >= 4 is 23.9 Å². The van der Waals surface area contributed by atoms with Gasteiger partial charge in [-0.1, -0.05) is 401 Å². The zero-order chi connectivity index (χ0) is 66.2. The van der Waals surface area contributed by atoms with E-state index < -0.39 is 29.9 Å². The zero-order valence-electron chi connectivity index (χ0n) is 59.6. The monoisotopic (exact) mass is 1260 g/mol. The van der Waals surface area contributed by atoms with E-state index in [-0.39, 0.29) is 6.42 Å². The van der Waals surface area contributed by atoms with E-state index in [4.69, 9.17) is 35.7 Å². The Balaban J connectivity index is -0.000000333. The van der Waals surface area contributed by atoms with Gasteiger partial charge < -0.3 is 35.7 Å². The predicted octanol–water partition coefficient (Wildman–Crippen LogP) is 25.1. The lowest BCUT2D eigenvalue weighted by Crippen LogP contribution is -2.26. The molecule has 530 valence electrons. The molecule has 0 radical (unpaired) electrons. The number of hydrogen-bond acceptors (Lipinski definition) is 7. The third-order valence-electron chi connectivity index (χ3n) is 16.8. The summed E-state index contributed by atoms with van der Waals surface area (Å²) in [6.07, 6.45) is 82.3. The minimum absolute atomic E-state index is 0.0312. The first-order valence-electron chi connectivity index (χ1n) is 38.7. The summed E-state index contributed by atoms with van der Waals surface area (Å²) in [5.41, 5.74) is 0. The second-order valence-corrected chi connectivity index (χ2v) is 26.3. The van der Waals surface area contributed by atoms with Gasteiger partial charge in [0.15, 0.2) is 0 Å². The third-order valence-corrected chi connectivity index (χ3v) is 16.8. The molecule has 11 heteroatoms. The van der Waals surface area contributed by atoms with Crippen LogP contribution in [0, 0.1) is 0 Å². The lowest BCUT2D eigenvalue weighted by atomic mass is 10.0. The highest BCUT2D eigenvalue weighted by Gasteiger charge is 2.15. The fourth-order valence-corrected chi connectivity index (χ4v) is 11.0. The first kappa shape index (κ1) is 94.5. The molecule has 0 aromatic rings. The summed E-state index contributed by atoms with van der Waals surface area (Å²) in [6, 6.07) is 0. The van der Waals surface area contributed by atoms with Crippen LogP contribution in [0.1, 0.15) is 465 Å². The van der Waals surface area contributed by atoms with Crippen LogP contribution in [0.3, 0.4) is 0 Å². The zero-order valence-corrected chi connectivity index (χ0v) is 59.6. The largest absolute Gasteiger partial charge is 0.481 e. The highest BCUT2D eigenvalue weighted by Crippen LogP contribution is 2.18. The molecule has 88 heavy (non-hydrogen) atoms. The van der Waals surface area contributed by atoms with Gasteiger partial charge >= 0.3 is 23.9 Å². The fourth-order valence-electron chi connectivity index (χ4n) is 11.0. The number of carboxylic acids is 4. The molecular weight excluding hydrogens is 1100 g/mol. The molecule has 0 aromatic heterocycles. The summed E-state index contributed by atoms with van der Waals surface area (Å²) < 4.78 is 0. The van der Waals surface area contributed by atoms with Crippen LogP contribution in [-0.4, -0.2) is 65.6 Å². The van der Waals surface area contributed by atoms with Crippen LogP contribution in [0.15, 0.2) is 0 Å². The number of aliphatic hydroxyl groups is 3. The Morgan fingerprint density at radius 3 is 0.364 bits per heavy atom. The van der Waals surface area contributed by atoms with E-state index in [0.717, 1.165) is 57.8 Å². The molecule has 11 nitrogen and oxygen atoms in total. The number of rotatable bonds is 67. The van der Waals surface area contributed by atoms with E-state index >= 15 is 0 Å². The Bertz CT molecular complexity index is 1130. The molecule has 0 aliphatic heterocycles. The Hall–Kier alpha value is -2.24. The summed E-state index contributed by atoms with van der Waals surface area (Å²) in [5.74, 6) is -5.06. The second kappa shape index (κ2) is 86.8. The van der Waals surface area contributed by atoms with Gasteiger partial charge in [-0.25, -0.2) is 0 Å². The molecule has 0 fully saturated rings. The minimum atomic E-state index is -2.45. The van der Waals surface area contributed by atoms with Crippen molar-refractivity contribution in [2.45, 2.75) is 471 Å². The van der Waals surface area contributed by atoms with Gasteiger partial charge in [0.2, 0.25) is 0 Å². The van der Waals surface area contributed by atoms with Gasteiger partial charge in [-0.15, -0.1) is 0 Å². The molecule has 0 bridgehead atoms. The van der Waals surface area contributed by atoms with Gasteiger partial charge in [-0.05, 0) is 32.1 Å². The first-order chi connectivity index (χ1) is 42.6. The van der Waals surface area contributed by atoms with Crippen molar-refractivity contribution in [1.29, 1.82) is 0 Å². The standard InChI is InChI=1S/4C18H36O2.C5H12O3/c4*1-2-3-4-5-6-7-8-9-10-11-12-13-14-15-16-17-18(19)20;1-2-3-4-5(6,7)8/h4*2-17H2,1H3,(H,19,20);6-8H,2-4H2,1H3. The maximum atomic E-state index is 10.3. The molecule has 0 amide bonds. The van der Waals surface area contributed by atoms with Crippen LogP contribution in [0.2, 0.25) is 0 Å². The molecule has 0 unspecified atom stereocenters. The molecule has 0 spiro atoms. The van der Waals surface area contributed by atoms with Gasteiger partial charge in [0.25, 0.3) is 5.97 Å². The minimum Gasteiger partial charge on any atom is -0.481 e. The molecule has 0 aromatic carbocycles. The number of aliphatic carboxylic acids is 4. The SMILES string of the molecule is CCCCC(O)(O)O.CCCCCCCCCCCCCCCCCC(=O)O.CCCCCCCCCCCCCCCCCC(=O)O.CCCCCCCCCCCCCCCCCC(=O)O.CCCCCCCCCCCCCCCCCC(=O)O. The number of unbranched alkanes of at least 4 members (excludes halogenated alkanes) is 57. The van der Waals surface area contributed by atoms with E-state index in [9.17, 15) is 19.2 Å². The fraction of sp³-hybridized carbons (Fsp3) is 0.948. The first-order valence-corrected chi connectivity index (χ1v) is 38.7. The van der Waals surface area contributed by atoms with Gasteiger partial charge in [-0.3, -0.25) is 19.2 Å². The van der Waals surface area contributed by atoms with Crippen molar-refractivity contribution in [1.82, 2.24) is 0 Å². The van der Waals surface area contributed by atoms with E-state index in [2.05, 4.69) is 27.7 Å². The van der Waals surface area contributed by atoms with Crippen molar-refractivity contribution < 1.29 is 54.9 Å². The average molecular weight is 1260 g/mol. The van der Waals surface area contributed by atoms with Gasteiger partial charge in [0.1, 0.15) is 0 Å². The maximum absolute atomic E-state index is 10.3. The summed E-state index contributed by atoms with van der Waals surface area (Å²) in [6.45, 7) is 11.0. The molecule has 7 N–H and O–H groups in total. The maximum Gasteiger partial charge on any atom is 0.303 e. The van der Waals surface area contributed by atoms with Gasteiger partial charge in [-0.2, -0.15) is 0 Å². The van der Waals surface area contributed by atoms with E-state index in [1.807, 2.05) is 6.92 Å². The Morgan fingerprint density at radius 2 is 0.284 bits per heavy atom. The lowest BCUT2D eigenvalue weighted by molar-refractivity contribution is -0.314. The lowest BCUT2D eigenvalue weighted by Gasteiger charge is -2.11. The Kier molecular flexibility index (Phi) is 93.2. The van der Waals surface area contributed by atoms with E-state index in [1.54, 1.807) is 0 Å². The van der Waals surface area contributed by atoms with Gasteiger partial charge in [0, 0.05) is 32.1 Å². The quantitative estimate of drug-likeness (QED) is 0.0225. The predicted molar refractivity (Wildman–Crippen MR) is 378 cm³/mol. The van der Waals surface area contributed by atoms with E-state index in [0.29, 0.717) is 32.1 Å². The molecule has 0 aliphatic rings. The van der Waals surface area contributed by atoms with Crippen LogP contribution < -0.4 is 0 Å². The van der Waals surface area contributed by atoms with Gasteiger partial charge in [0.05, 0.1) is 0 Å². The summed E-state index contributed by atoms with van der Waals surface area (Å²) >= 11 is 0. The van der Waals surface area contributed by atoms with Crippen LogP contribution in [0.25, 0.3) is 0 Å². The molecular formula is C77H156O11. The van der Waals surface area contributed by atoms with Crippen LogP contribution >= 0.6 is 0 Å². The van der Waals surface area contributed by atoms with Crippen LogP contribution in [-0.2, 0) is 19.2 Å². The number of carbonyl (C=O) groups is 4. The average Bonchev–Trinajstić information content (AvgIpc) is 3.49. The summed E-state index contributed by atoms with van der Waals surface area (Å²) in [7, 11) is 0. The van der Waals surface area contributed by atoms with Crippen molar-refractivity contribution in [3.8, 4) is 0 Å². The topological polar surface area (TPSA) is 210 Å². The highest BCUT2D eigenvalue weighted by molar-refractivity contribution is 5.67. The molecule has 0 aliphatic carbocycles. The Labute approximate surface area is 547 Å². The third kappa shape index (κ3) is 115. The van der Waals surface area contributed by atoms with Crippen molar-refractivity contribution in [2.75, 3.05) is 0 Å². The highest BCUT2D eigenvalue weighted by atomic mass is 16.7. The number of hydrogen-bond donors (Lipinski definition) is 7. The molecule has 0 heterocycles. The van der Waals surface area contributed by atoms with Crippen molar-refractivity contribution in [3.05, 3.63) is 0 Å². The molecule has 0 saturated heterocycles. The smallest absolute Gasteiger partial charge is 0.303 e. The van der Waals surface area contributed by atoms with Crippen molar-refractivity contribution in [2.24, 2.45) is 0 Å². The Morgan fingerprint density at radius 1 is 0.182 bits per heavy atom. The summed E-state index contributed by atoms with van der Waals surface area (Å²) in [5, 5.41) is 58.8. The molecule has 0 rings (SSSR count). The normalized spacial score (nSPS) is 11.0. The summed E-state index contributed by atoms with van der Waals surface area (Å²) in [4.78, 5) is 41.3. The molecule has 0 atom stereocenters. The number of carboxylic acid groups (broad SMARTS) is 4.